The fraction of sp³-hybridized carbons (Fsp3) is 0.0556. The molecule has 0 aliphatic rings. The predicted octanol–water partition coefficient (Wildman–Crippen LogP) is 4.00. The lowest BCUT2D eigenvalue weighted by Gasteiger charge is -2.21. The van der Waals surface area contributed by atoms with E-state index in [1.807, 2.05) is 0 Å². The van der Waals surface area contributed by atoms with E-state index in [0.717, 1.165) is 6.20 Å². The zero-order valence-electron chi connectivity index (χ0n) is 14.3. The number of anilines is 4. The van der Waals surface area contributed by atoms with Crippen molar-refractivity contribution in [2.24, 2.45) is 0 Å². The summed E-state index contributed by atoms with van der Waals surface area (Å²) in [6.45, 7) is -0.512. The van der Waals surface area contributed by atoms with Crippen LogP contribution in [0.2, 0.25) is 5.02 Å². The van der Waals surface area contributed by atoms with Crippen molar-refractivity contribution >= 4 is 46.4 Å². The van der Waals surface area contributed by atoms with Crippen molar-refractivity contribution in [2.45, 2.75) is 0 Å². The summed E-state index contributed by atoms with van der Waals surface area (Å²) in [5.74, 6) is -1.22. The Kier molecular flexibility index (Phi) is 5.66. The van der Waals surface area contributed by atoms with Gasteiger partial charge in [-0.15, -0.1) is 0 Å². The summed E-state index contributed by atoms with van der Waals surface area (Å²) in [6, 6.07) is 15.1. The van der Waals surface area contributed by atoms with E-state index in [-0.39, 0.29) is 11.8 Å². The van der Waals surface area contributed by atoms with Gasteiger partial charge in [0.2, 0.25) is 11.8 Å². The Balaban J connectivity index is 2.05. The van der Waals surface area contributed by atoms with Crippen molar-refractivity contribution in [3.05, 3.63) is 75.9 Å². The summed E-state index contributed by atoms with van der Waals surface area (Å²) >= 11 is 5.86. The van der Waals surface area contributed by atoms with Gasteiger partial charge in [-0.1, -0.05) is 29.8 Å². The zero-order valence-corrected chi connectivity index (χ0v) is 15.1. The molecule has 0 unspecified atom stereocenters. The van der Waals surface area contributed by atoms with Crippen LogP contribution in [-0.4, -0.2) is 32.5 Å². The minimum Gasteiger partial charge on any atom is -0.480 e. The third-order valence-corrected chi connectivity index (χ3v) is 3.92. The topological polar surface area (TPSA) is 121 Å². The quantitative estimate of drug-likeness (QED) is 0.451. The molecule has 142 valence electrons. The molecule has 2 aromatic carbocycles. The van der Waals surface area contributed by atoms with E-state index in [1.165, 1.54) is 4.90 Å². The van der Waals surface area contributed by atoms with Crippen LogP contribution in [0.25, 0.3) is 0 Å². The number of rotatable bonds is 7. The first kappa shape index (κ1) is 19.1. The van der Waals surface area contributed by atoms with E-state index >= 15 is 0 Å². The largest absolute Gasteiger partial charge is 0.480 e. The van der Waals surface area contributed by atoms with Gasteiger partial charge in [0, 0.05) is 16.4 Å². The fourth-order valence-electron chi connectivity index (χ4n) is 2.45. The maximum atomic E-state index is 11.5. The van der Waals surface area contributed by atoms with Gasteiger partial charge in [-0.05, 0) is 36.4 Å². The molecular weight excluding hydrogens is 386 g/mol. The van der Waals surface area contributed by atoms with E-state index in [0.29, 0.717) is 16.4 Å². The smallest absolute Gasteiger partial charge is 0.330 e. The summed E-state index contributed by atoms with van der Waals surface area (Å²) in [5, 5.41) is 24.2. The number of aromatic nitrogens is 2. The Morgan fingerprint density at radius 3 is 2.46 bits per heavy atom. The van der Waals surface area contributed by atoms with E-state index in [4.69, 9.17) is 11.6 Å². The lowest BCUT2D eigenvalue weighted by molar-refractivity contribution is -0.384. The molecule has 0 spiro atoms. The molecule has 3 aromatic rings. The SMILES string of the molecule is O=C(O)CN(c1ccccc1)c1nc(Nc2ccc(Cl)cc2)ncc1[N+](=O)[O-]. The molecule has 2 N–H and O–H groups in total. The average Bonchev–Trinajstić information content (AvgIpc) is 2.68. The molecule has 0 radical (unpaired) electrons. The molecule has 3 rings (SSSR count). The number of nitro groups is 1. The third kappa shape index (κ3) is 4.51. The number of carbonyl (C=O) groups is 1. The molecule has 10 heteroatoms. The van der Waals surface area contributed by atoms with Crippen LogP contribution < -0.4 is 10.2 Å². The highest BCUT2D eigenvalue weighted by Crippen LogP contribution is 2.32. The second-order valence-electron chi connectivity index (χ2n) is 5.61. The number of nitrogens with zero attached hydrogens (tertiary/aromatic N) is 4. The van der Waals surface area contributed by atoms with Crippen molar-refractivity contribution in [2.75, 3.05) is 16.8 Å². The molecule has 0 saturated heterocycles. The van der Waals surface area contributed by atoms with Crippen LogP contribution in [0.4, 0.5) is 28.8 Å². The number of carboxylic acids is 1. The summed E-state index contributed by atoms with van der Waals surface area (Å²) in [6.07, 6.45) is 1.04. The van der Waals surface area contributed by atoms with Gasteiger partial charge in [0.25, 0.3) is 0 Å². The normalized spacial score (nSPS) is 10.3. The third-order valence-electron chi connectivity index (χ3n) is 3.66. The molecule has 0 fully saturated rings. The van der Waals surface area contributed by atoms with Gasteiger partial charge in [0.05, 0.1) is 4.92 Å². The van der Waals surface area contributed by atoms with Crippen molar-refractivity contribution < 1.29 is 14.8 Å². The van der Waals surface area contributed by atoms with Crippen molar-refractivity contribution in [1.29, 1.82) is 0 Å². The van der Waals surface area contributed by atoms with Gasteiger partial charge in [-0.25, -0.2) is 4.98 Å². The maximum Gasteiger partial charge on any atom is 0.330 e. The van der Waals surface area contributed by atoms with Crippen molar-refractivity contribution in [3.63, 3.8) is 0 Å². The zero-order chi connectivity index (χ0) is 20.1. The second-order valence-corrected chi connectivity index (χ2v) is 6.04. The number of hydrogen-bond acceptors (Lipinski definition) is 7. The van der Waals surface area contributed by atoms with E-state index in [9.17, 15) is 20.0 Å². The van der Waals surface area contributed by atoms with Gasteiger partial charge < -0.3 is 15.3 Å². The lowest BCUT2D eigenvalue weighted by Crippen LogP contribution is -2.26. The Hall–Kier alpha value is -3.72. The Bertz CT molecular complexity index is 999. The van der Waals surface area contributed by atoms with Gasteiger partial charge in [-0.3, -0.25) is 14.9 Å². The van der Waals surface area contributed by atoms with Crippen LogP contribution in [-0.2, 0) is 4.79 Å². The van der Waals surface area contributed by atoms with Crippen LogP contribution in [0.15, 0.2) is 60.8 Å². The van der Waals surface area contributed by atoms with E-state index < -0.39 is 23.1 Å². The highest BCUT2D eigenvalue weighted by molar-refractivity contribution is 6.30. The van der Waals surface area contributed by atoms with Crippen LogP contribution in [0.5, 0.6) is 0 Å². The summed E-state index contributed by atoms with van der Waals surface area (Å²) in [5.41, 5.74) is 0.657. The average molecular weight is 400 g/mol. The van der Waals surface area contributed by atoms with Gasteiger partial charge >= 0.3 is 11.7 Å². The van der Waals surface area contributed by atoms with Crippen LogP contribution in [0.3, 0.4) is 0 Å². The number of aliphatic carboxylic acids is 1. The summed E-state index contributed by atoms with van der Waals surface area (Å²) < 4.78 is 0. The van der Waals surface area contributed by atoms with Crippen molar-refractivity contribution in [3.8, 4) is 0 Å². The first-order valence-electron chi connectivity index (χ1n) is 8.02. The number of halogens is 1. The molecule has 0 aliphatic carbocycles. The monoisotopic (exact) mass is 399 g/mol. The van der Waals surface area contributed by atoms with Gasteiger partial charge in [0.15, 0.2) is 0 Å². The molecule has 1 heterocycles. The van der Waals surface area contributed by atoms with Crippen LogP contribution in [0, 0.1) is 10.1 Å². The maximum absolute atomic E-state index is 11.5. The lowest BCUT2D eigenvalue weighted by atomic mass is 10.2. The Morgan fingerprint density at radius 2 is 1.86 bits per heavy atom. The highest BCUT2D eigenvalue weighted by atomic mass is 35.5. The molecular formula is C18H14ClN5O4. The van der Waals surface area contributed by atoms with Crippen LogP contribution >= 0.6 is 11.6 Å². The molecule has 0 saturated carbocycles. The van der Waals surface area contributed by atoms with Gasteiger partial charge in [-0.2, -0.15) is 4.98 Å². The van der Waals surface area contributed by atoms with Crippen LogP contribution in [0.1, 0.15) is 0 Å². The summed E-state index contributed by atoms with van der Waals surface area (Å²) in [7, 11) is 0. The standard InChI is InChI=1S/C18H14ClN5O4/c19-12-6-8-13(9-7-12)21-18-20-10-15(24(27)28)17(22-18)23(11-16(25)26)14-4-2-1-3-5-14/h1-10H,11H2,(H,25,26)(H,20,21,22). The molecule has 0 amide bonds. The van der Waals surface area contributed by atoms with Crippen molar-refractivity contribution in [1.82, 2.24) is 9.97 Å². The fourth-order valence-corrected chi connectivity index (χ4v) is 2.57. The number of hydrogen-bond donors (Lipinski definition) is 2. The highest BCUT2D eigenvalue weighted by Gasteiger charge is 2.26. The summed E-state index contributed by atoms with van der Waals surface area (Å²) in [4.78, 5) is 31.6. The van der Waals surface area contributed by atoms with E-state index in [1.54, 1.807) is 54.6 Å². The molecule has 0 atom stereocenters. The molecule has 0 aliphatic heterocycles. The second kappa shape index (κ2) is 8.31. The first-order valence-corrected chi connectivity index (χ1v) is 8.40. The molecule has 9 nitrogen and oxygen atoms in total. The number of nitrogens with one attached hydrogen (secondary N) is 1. The Morgan fingerprint density at radius 1 is 1.18 bits per heavy atom. The Labute approximate surface area is 164 Å². The molecule has 28 heavy (non-hydrogen) atoms. The van der Waals surface area contributed by atoms with E-state index in [2.05, 4.69) is 15.3 Å². The number of para-hydroxylation sites is 1. The first-order chi connectivity index (χ1) is 13.4. The molecule has 0 bridgehead atoms. The minimum absolute atomic E-state index is 0.0780. The van der Waals surface area contributed by atoms with Gasteiger partial charge in [0.1, 0.15) is 12.7 Å². The number of carboxylic acid groups (broad SMARTS) is 1. The molecule has 1 aromatic heterocycles. The number of benzene rings is 2. The minimum atomic E-state index is -1.16. The predicted molar refractivity (Wildman–Crippen MR) is 105 cm³/mol.